The largest absolute Gasteiger partial charge is 0.495 e. The maximum atomic E-state index is 12.7. The summed E-state index contributed by atoms with van der Waals surface area (Å²) in [4.78, 5) is 12.4. The summed E-state index contributed by atoms with van der Waals surface area (Å²) >= 11 is 9.10. The summed E-state index contributed by atoms with van der Waals surface area (Å²) in [6.07, 6.45) is 0. The lowest BCUT2D eigenvalue weighted by molar-refractivity contribution is 0.0521. The van der Waals surface area contributed by atoms with Crippen molar-refractivity contribution in [1.29, 1.82) is 0 Å². The maximum Gasteiger partial charge on any atom is 0.342 e. The average molecular weight is 448 g/mol. The van der Waals surface area contributed by atoms with Crippen LogP contribution in [-0.4, -0.2) is 28.1 Å². The second-order valence-electron chi connectivity index (χ2n) is 5.05. The van der Waals surface area contributed by atoms with E-state index < -0.39 is 15.8 Å². The summed E-state index contributed by atoms with van der Waals surface area (Å²) in [5.41, 5.74) is 0.393. The Hall–Kier alpha value is -1.57. The molecule has 0 aliphatic rings. The zero-order valence-electron chi connectivity index (χ0n) is 13.6. The smallest absolute Gasteiger partial charge is 0.342 e. The van der Waals surface area contributed by atoms with Gasteiger partial charge in [-0.25, -0.2) is 13.2 Å². The van der Waals surface area contributed by atoms with Crippen LogP contribution in [0.1, 0.15) is 22.8 Å². The van der Waals surface area contributed by atoms with Crippen LogP contribution in [0, 0.1) is 0 Å². The number of carbonyl (C=O) groups excluding carboxylic acids is 1. The van der Waals surface area contributed by atoms with Crippen molar-refractivity contribution in [3.63, 3.8) is 0 Å². The minimum Gasteiger partial charge on any atom is -0.495 e. The van der Waals surface area contributed by atoms with Crippen LogP contribution >= 0.6 is 27.5 Å². The fourth-order valence-electron chi connectivity index (χ4n) is 2.27. The minimum absolute atomic E-state index is 0.0938. The third kappa shape index (κ3) is 4.54. The van der Waals surface area contributed by atoms with E-state index in [1.807, 2.05) is 0 Å². The van der Waals surface area contributed by atoms with Crippen molar-refractivity contribution in [3.05, 3.63) is 57.0 Å². The van der Waals surface area contributed by atoms with Crippen LogP contribution in [-0.2, 0) is 20.3 Å². The predicted molar refractivity (Wildman–Crippen MR) is 99.0 cm³/mol. The van der Waals surface area contributed by atoms with E-state index in [0.717, 1.165) is 0 Å². The van der Waals surface area contributed by atoms with Crippen LogP contribution in [0.3, 0.4) is 0 Å². The van der Waals surface area contributed by atoms with Crippen LogP contribution in [0.2, 0.25) is 5.02 Å². The summed E-state index contributed by atoms with van der Waals surface area (Å²) in [7, 11) is -2.27. The molecule has 5 nitrogen and oxygen atoms in total. The molecular formula is C17H16BrClO5S. The van der Waals surface area contributed by atoms with Gasteiger partial charge in [0, 0.05) is 5.02 Å². The molecule has 0 aromatic heterocycles. The van der Waals surface area contributed by atoms with Crippen molar-refractivity contribution in [2.24, 2.45) is 0 Å². The highest BCUT2D eigenvalue weighted by molar-refractivity contribution is 9.10. The lowest BCUT2D eigenvalue weighted by atomic mass is 10.1. The predicted octanol–water partition coefficient (Wildman–Crippen LogP) is 4.26. The number of benzene rings is 2. The number of hydrogen-bond acceptors (Lipinski definition) is 5. The highest BCUT2D eigenvalue weighted by atomic mass is 79.9. The fraction of sp³-hybridized carbons (Fsp3) is 0.235. The molecule has 0 N–H and O–H groups in total. The van der Waals surface area contributed by atoms with Gasteiger partial charge < -0.3 is 9.47 Å². The van der Waals surface area contributed by atoms with E-state index >= 15 is 0 Å². The molecule has 0 amide bonds. The van der Waals surface area contributed by atoms with Gasteiger partial charge in [-0.15, -0.1) is 0 Å². The highest BCUT2D eigenvalue weighted by Gasteiger charge is 2.25. The van der Waals surface area contributed by atoms with Gasteiger partial charge in [0.25, 0.3) is 0 Å². The standard InChI is InChI=1S/C17H16BrClO5S/c1-3-24-17(20)15-11(4-9-14(18)16(15)23-2)10-25(21,22)13-7-5-12(19)6-8-13/h4-9H,3,10H2,1-2H3. The van der Waals surface area contributed by atoms with Crippen LogP contribution < -0.4 is 4.74 Å². The second-order valence-corrected chi connectivity index (χ2v) is 8.33. The number of halogens is 2. The van der Waals surface area contributed by atoms with Gasteiger partial charge >= 0.3 is 5.97 Å². The van der Waals surface area contributed by atoms with E-state index in [0.29, 0.717) is 15.1 Å². The highest BCUT2D eigenvalue weighted by Crippen LogP contribution is 2.34. The summed E-state index contributed by atoms with van der Waals surface area (Å²) in [6.45, 7) is 1.84. The van der Waals surface area contributed by atoms with Gasteiger partial charge in [0.2, 0.25) is 0 Å². The lowest BCUT2D eigenvalue weighted by Gasteiger charge is -2.15. The second kappa shape index (κ2) is 8.21. The molecule has 0 unspecified atom stereocenters. The van der Waals surface area contributed by atoms with Crippen LogP contribution in [0.4, 0.5) is 0 Å². The van der Waals surface area contributed by atoms with Crippen molar-refractivity contribution in [2.75, 3.05) is 13.7 Å². The lowest BCUT2D eigenvalue weighted by Crippen LogP contribution is -2.14. The van der Waals surface area contributed by atoms with Crippen molar-refractivity contribution in [2.45, 2.75) is 17.6 Å². The van der Waals surface area contributed by atoms with Gasteiger partial charge in [-0.2, -0.15) is 0 Å². The third-order valence-electron chi connectivity index (χ3n) is 3.40. The Labute approximate surface area is 159 Å². The summed E-state index contributed by atoms with van der Waals surface area (Å²) in [5.74, 6) is -0.768. The molecule has 0 heterocycles. The Bertz CT molecular complexity index is 879. The average Bonchev–Trinajstić information content (AvgIpc) is 2.56. The quantitative estimate of drug-likeness (QED) is 0.619. The number of carbonyl (C=O) groups is 1. The number of rotatable bonds is 6. The summed E-state index contributed by atoms with van der Waals surface area (Å²) < 4.78 is 36.2. The molecule has 0 spiro atoms. The van der Waals surface area contributed by atoms with Gasteiger partial charge in [-0.05, 0) is 58.7 Å². The Morgan fingerprint density at radius 2 is 1.80 bits per heavy atom. The van der Waals surface area contributed by atoms with Crippen LogP contribution in [0.5, 0.6) is 5.75 Å². The number of hydrogen-bond donors (Lipinski definition) is 0. The summed E-state index contributed by atoms with van der Waals surface area (Å²) in [5, 5.41) is 0.441. The van der Waals surface area contributed by atoms with E-state index in [-0.39, 0.29) is 28.6 Å². The molecule has 25 heavy (non-hydrogen) atoms. The van der Waals surface area contributed by atoms with Gasteiger partial charge in [-0.3, -0.25) is 0 Å². The molecular weight excluding hydrogens is 432 g/mol. The van der Waals surface area contributed by atoms with Crippen LogP contribution in [0.15, 0.2) is 45.8 Å². The molecule has 8 heteroatoms. The van der Waals surface area contributed by atoms with E-state index in [9.17, 15) is 13.2 Å². The SMILES string of the molecule is CCOC(=O)c1c(CS(=O)(=O)c2ccc(Cl)cc2)ccc(Br)c1OC. The number of methoxy groups -OCH3 is 1. The monoisotopic (exact) mass is 446 g/mol. The van der Waals surface area contributed by atoms with E-state index in [1.165, 1.54) is 31.4 Å². The Morgan fingerprint density at radius 3 is 2.36 bits per heavy atom. The van der Waals surface area contributed by atoms with Crippen molar-refractivity contribution < 1.29 is 22.7 Å². The molecule has 2 rings (SSSR count). The van der Waals surface area contributed by atoms with Crippen molar-refractivity contribution in [1.82, 2.24) is 0 Å². The first-order valence-electron chi connectivity index (χ1n) is 7.31. The molecule has 0 bridgehead atoms. The maximum absolute atomic E-state index is 12.7. The van der Waals surface area contributed by atoms with Crippen molar-refractivity contribution in [3.8, 4) is 5.75 Å². The molecule has 0 fully saturated rings. The van der Waals surface area contributed by atoms with Gasteiger partial charge in [0.05, 0.1) is 28.8 Å². The molecule has 0 aliphatic carbocycles. The molecule has 2 aromatic carbocycles. The fourth-order valence-corrected chi connectivity index (χ4v) is 4.26. The first-order chi connectivity index (χ1) is 11.8. The molecule has 2 aromatic rings. The molecule has 0 aliphatic heterocycles. The molecule has 0 saturated heterocycles. The summed E-state index contributed by atoms with van der Waals surface area (Å²) in [6, 6.07) is 9.06. The van der Waals surface area contributed by atoms with E-state index in [1.54, 1.807) is 19.1 Å². The molecule has 0 radical (unpaired) electrons. The van der Waals surface area contributed by atoms with Gasteiger partial charge in [-0.1, -0.05) is 17.7 Å². The molecule has 0 atom stereocenters. The van der Waals surface area contributed by atoms with Gasteiger partial charge in [0.1, 0.15) is 11.3 Å². The van der Waals surface area contributed by atoms with E-state index in [2.05, 4.69) is 15.9 Å². The first-order valence-corrected chi connectivity index (χ1v) is 10.1. The normalized spacial score (nSPS) is 11.2. The minimum atomic E-state index is -3.68. The van der Waals surface area contributed by atoms with Crippen molar-refractivity contribution >= 4 is 43.3 Å². The first kappa shape index (κ1) is 19.8. The van der Waals surface area contributed by atoms with E-state index in [4.69, 9.17) is 21.1 Å². The zero-order chi connectivity index (χ0) is 18.6. The number of esters is 1. The number of ether oxygens (including phenoxy) is 2. The van der Waals surface area contributed by atoms with Gasteiger partial charge in [0.15, 0.2) is 9.84 Å². The number of sulfone groups is 1. The zero-order valence-corrected chi connectivity index (χ0v) is 16.7. The Balaban J connectivity index is 2.51. The molecule has 0 saturated carbocycles. The molecule has 134 valence electrons. The Kier molecular flexibility index (Phi) is 6.48. The van der Waals surface area contributed by atoms with Crippen LogP contribution in [0.25, 0.3) is 0 Å². The Morgan fingerprint density at radius 1 is 1.16 bits per heavy atom. The third-order valence-corrected chi connectivity index (χ3v) is 5.96. The topological polar surface area (TPSA) is 69.7 Å².